The van der Waals surface area contributed by atoms with Gasteiger partial charge < -0.3 is 20.4 Å². The van der Waals surface area contributed by atoms with Crippen molar-refractivity contribution >= 4 is 23.5 Å². The SMILES string of the molecule is O=C(NC1CCN(C(=O)C2CCCN(C(=O)Nc3ccccc3)C2)CC1)c1ccccc1. The molecule has 2 aliphatic heterocycles. The second kappa shape index (κ2) is 10.3. The van der Waals surface area contributed by atoms with Crippen LogP contribution in [0.1, 0.15) is 36.0 Å². The summed E-state index contributed by atoms with van der Waals surface area (Å²) in [5.74, 6) is -0.112. The molecule has 0 bridgehead atoms. The Kier molecular flexibility index (Phi) is 7.04. The number of amides is 4. The summed E-state index contributed by atoms with van der Waals surface area (Å²) in [5, 5.41) is 5.99. The molecule has 0 spiro atoms. The Balaban J connectivity index is 1.25. The number of para-hydroxylation sites is 1. The highest BCUT2D eigenvalue weighted by molar-refractivity contribution is 5.94. The summed E-state index contributed by atoms with van der Waals surface area (Å²) in [7, 11) is 0. The molecule has 2 fully saturated rings. The lowest BCUT2D eigenvalue weighted by atomic mass is 9.95. The number of carbonyl (C=O) groups excluding carboxylic acids is 3. The van der Waals surface area contributed by atoms with Crippen molar-refractivity contribution in [2.24, 2.45) is 5.92 Å². The minimum absolute atomic E-state index is 0.0669. The zero-order valence-corrected chi connectivity index (χ0v) is 18.2. The highest BCUT2D eigenvalue weighted by Crippen LogP contribution is 2.22. The number of piperidine rings is 2. The number of urea groups is 1. The van der Waals surface area contributed by atoms with Crippen molar-refractivity contribution in [3.8, 4) is 0 Å². The van der Waals surface area contributed by atoms with Gasteiger partial charge in [0.25, 0.3) is 5.91 Å². The third-order valence-corrected chi connectivity index (χ3v) is 6.26. The predicted octanol–water partition coefficient (Wildman–Crippen LogP) is 3.35. The van der Waals surface area contributed by atoms with E-state index in [0.29, 0.717) is 31.7 Å². The van der Waals surface area contributed by atoms with E-state index < -0.39 is 0 Å². The fourth-order valence-corrected chi connectivity index (χ4v) is 4.45. The Morgan fingerprint density at radius 1 is 0.781 bits per heavy atom. The molecular formula is C25H30N4O3. The van der Waals surface area contributed by atoms with Crippen molar-refractivity contribution in [3.63, 3.8) is 0 Å². The molecule has 2 aromatic carbocycles. The molecule has 1 atom stereocenters. The maximum absolute atomic E-state index is 13.1. The number of rotatable bonds is 4. The molecule has 2 aromatic rings. The maximum Gasteiger partial charge on any atom is 0.321 e. The molecule has 0 saturated carbocycles. The van der Waals surface area contributed by atoms with Crippen molar-refractivity contribution in [1.82, 2.24) is 15.1 Å². The third kappa shape index (κ3) is 5.46. The number of hydrogen-bond donors (Lipinski definition) is 2. The molecule has 7 nitrogen and oxygen atoms in total. The zero-order valence-electron chi connectivity index (χ0n) is 18.2. The van der Waals surface area contributed by atoms with E-state index in [4.69, 9.17) is 0 Å². The Bertz CT molecular complexity index is 927. The monoisotopic (exact) mass is 434 g/mol. The Hall–Kier alpha value is -3.35. The van der Waals surface area contributed by atoms with Crippen LogP contribution in [0.2, 0.25) is 0 Å². The van der Waals surface area contributed by atoms with E-state index in [1.165, 1.54) is 0 Å². The molecule has 0 radical (unpaired) electrons. The van der Waals surface area contributed by atoms with Crippen molar-refractivity contribution in [1.29, 1.82) is 0 Å². The number of nitrogens with zero attached hydrogens (tertiary/aromatic N) is 2. The van der Waals surface area contributed by atoms with Crippen LogP contribution < -0.4 is 10.6 Å². The topological polar surface area (TPSA) is 81.8 Å². The molecule has 2 aliphatic rings. The van der Waals surface area contributed by atoms with E-state index in [2.05, 4.69) is 10.6 Å². The first-order chi connectivity index (χ1) is 15.6. The highest BCUT2D eigenvalue weighted by Gasteiger charge is 2.33. The number of hydrogen-bond acceptors (Lipinski definition) is 3. The van der Waals surface area contributed by atoms with E-state index in [-0.39, 0.29) is 29.8 Å². The van der Waals surface area contributed by atoms with Gasteiger partial charge in [-0.15, -0.1) is 0 Å². The predicted molar refractivity (Wildman–Crippen MR) is 123 cm³/mol. The molecular weight excluding hydrogens is 404 g/mol. The fraction of sp³-hybridized carbons (Fsp3) is 0.400. The molecule has 4 rings (SSSR count). The summed E-state index contributed by atoms with van der Waals surface area (Å²) in [6.07, 6.45) is 3.12. The zero-order chi connectivity index (χ0) is 22.3. The first-order valence-electron chi connectivity index (χ1n) is 11.4. The first-order valence-corrected chi connectivity index (χ1v) is 11.4. The molecule has 2 saturated heterocycles. The molecule has 0 aromatic heterocycles. The van der Waals surface area contributed by atoms with E-state index in [1.807, 2.05) is 53.4 Å². The summed E-state index contributed by atoms with van der Waals surface area (Å²) < 4.78 is 0. The molecule has 1 unspecified atom stereocenters. The first kappa shape index (κ1) is 21.9. The van der Waals surface area contributed by atoms with Crippen LogP contribution >= 0.6 is 0 Å². The second-order valence-corrected chi connectivity index (χ2v) is 8.52. The summed E-state index contributed by atoms with van der Waals surface area (Å²) in [6, 6.07) is 18.5. The third-order valence-electron chi connectivity index (χ3n) is 6.26. The van der Waals surface area contributed by atoms with Gasteiger partial charge in [-0.1, -0.05) is 36.4 Å². The van der Waals surface area contributed by atoms with Gasteiger partial charge in [-0.25, -0.2) is 4.79 Å². The summed E-state index contributed by atoms with van der Waals surface area (Å²) in [6.45, 7) is 2.37. The largest absolute Gasteiger partial charge is 0.349 e. The number of carbonyl (C=O) groups is 3. The van der Waals surface area contributed by atoms with Crippen LogP contribution in [0.4, 0.5) is 10.5 Å². The van der Waals surface area contributed by atoms with Crippen LogP contribution in [0, 0.1) is 5.92 Å². The molecule has 32 heavy (non-hydrogen) atoms. The average Bonchev–Trinajstić information content (AvgIpc) is 2.85. The minimum Gasteiger partial charge on any atom is -0.349 e. The maximum atomic E-state index is 13.1. The van der Waals surface area contributed by atoms with Gasteiger partial charge in [0.1, 0.15) is 0 Å². The van der Waals surface area contributed by atoms with Gasteiger partial charge in [0, 0.05) is 43.5 Å². The lowest BCUT2D eigenvalue weighted by Crippen LogP contribution is -2.51. The Morgan fingerprint density at radius 3 is 2.12 bits per heavy atom. The van der Waals surface area contributed by atoms with Gasteiger partial charge in [0.2, 0.25) is 5.91 Å². The molecule has 2 heterocycles. The van der Waals surface area contributed by atoms with Crippen LogP contribution in [0.25, 0.3) is 0 Å². The smallest absolute Gasteiger partial charge is 0.321 e. The van der Waals surface area contributed by atoms with Gasteiger partial charge in [0.15, 0.2) is 0 Å². The summed E-state index contributed by atoms with van der Waals surface area (Å²) >= 11 is 0. The molecule has 4 amide bonds. The lowest BCUT2D eigenvalue weighted by Gasteiger charge is -2.38. The van der Waals surface area contributed by atoms with Crippen LogP contribution in [0.3, 0.4) is 0 Å². The lowest BCUT2D eigenvalue weighted by molar-refractivity contribution is -0.138. The van der Waals surface area contributed by atoms with Crippen LogP contribution in [-0.2, 0) is 4.79 Å². The van der Waals surface area contributed by atoms with E-state index in [9.17, 15) is 14.4 Å². The standard InChI is InChI=1S/C25H30N4O3/c30-23(19-8-3-1-4-9-19)26-22-13-16-28(17-14-22)24(31)20-10-7-15-29(18-20)25(32)27-21-11-5-2-6-12-21/h1-6,8-9,11-12,20,22H,7,10,13-18H2,(H,26,30)(H,27,32). The van der Waals surface area contributed by atoms with Gasteiger partial charge in [-0.2, -0.15) is 0 Å². The van der Waals surface area contributed by atoms with Crippen molar-refractivity contribution in [2.45, 2.75) is 31.7 Å². The van der Waals surface area contributed by atoms with Gasteiger partial charge in [0.05, 0.1) is 5.92 Å². The normalized spacial score (nSPS) is 19.3. The van der Waals surface area contributed by atoms with Crippen LogP contribution in [-0.4, -0.2) is 59.9 Å². The summed E-state index contributed by atoms with van der Waals surface area (Å²) in [4.78, 5) is 41.7. The van der Waals surface area contributed by atoms with Crippen molar-refractivity contribution in [2.75, 3.05) is 31.5 Å². The molecule has 7 heteroatoms. The number of nitrogens with one attached hydrogen (secondary N) is 2. The van der Waals surface area contributed by atoms with Crippen LogP contribution in [0.15, 0.2) is 60.7 Å². The van der Waals surface area contributed by atoms with Crippen LogP contribution in [0.5, 0.6) is 0 Å². The van der Waals surface area contributed by atoms with Crippen molar-refractivity contribution < 1.29 is 14.4 Å². The van der Waals surface area contributed by atoms with E-state index >= 15 is 0 Å². The van der Waals surface area contributed by atoms with Gasteiger partial charge in [-0.05, 0) is 49.9 Å². The van der Waals surface area contributed by atoms with Crippen molar-refractivity contribution in [3.05, 3.63) is 66.2 Å². The van der Waals surface area contributed by atoms with Gasteiger partial charge in [-0.3, -0.25) is 9.59 Å². The minimum atomic E-state index is -0.166. The second-order valence-electron chi connectivity index (χ2n) is 8.52. The quantitative estimate of drug-likeness (QED) is 0.774. The Morgan fingerprint density at radius 2 is 1.44 bits per heavy atom. The molecule has 168 valence electrons. The van der Waals surface area contributed by atoms with E-state index in [0.717, 1.165) is 31.4 Å². The fourth-order valence-electron chi connectivity index (χ4n) is 4.45. The number of likely N-dealkylation sites (tertiary alicyclic amines) is 2. The number of anilines is 1. The van der Waals surface area contributed by atoms with Gasteiger partial charge >= 0.3 is 6.03 Å². The summed E-state index contributed by atoms with van der Waals surface area (Å²) in [5.41, 5.74) is 1.41. The molecule has 0 aliphatic carbocycles. The molecule has 2 N–H and O–H groups in total. The number of benzene rings is 2. The average molecular weight is 435 g/mol. The highest BCUT2D eigenvalue weighted by atomic mass is 16.2. The van der Waals surface area contributed by atoms with E-state index in [1.54, 1.807) is 17.0 Å². The Labute approximate surface area is 188 Å².